The lowest BCUT2D eigenvalue weighted by molar-refractivity contribution is -0.158. The van der Waals surface area contributed by atoms with E-state index in [1.807, 2.05) is 0 Å². The highest BCUT2D eigenvalue weighted by molar-refractivity contribution is 7.89. The molecule has 0 fully saturated rings. The smallest absolute Gasteiger partial charge is 0.324 e. The van der Waals surface area contributed by atoms with Crippen molar-refractivity contribution in [2.45, 2.75) is 51.3 Å². The summed E-state index contributed by atoms with van der Waals surface area (Å²) in [4.78, 5) is 12.1. The van der Waals surface area contributed by atoms with E-state index < -0.39 is 27.6 Å². The summed E-state index contributed by atoms with van der Waals surface area (Å²) in [6.07, 6.45) is 1.33. The van der Waals surface area contributed by atoms with Gasteiger partial charge in [-0.1, -0.05) is 13.8 Å². The third kappa shape index (κ3) is 4.61. The highest BCUT2D eigenvalue weighted by atomic mass is 32.2. The lowest BCUT2D eigenvalue weighted by atomic mass is 10.1. The van der Waals surface area contributed by atoms with Crippen LogP contribution in [0.5, 0.6) is 0 Å². The number of esters is 1. The zero-order valence-corrected chi connectivity index (χ0v) is 13.1. The molecule has 0 unspecified atom stereocenters. The van der Waals surface area contributed by atoms with Gasteiger partial charge in [0.05, 0.1) is 6.20 Å². The lowest BCUT2D eigenvalue weighted by Crippen LogP contribution is -2.47. The first-order chi connectivity index (χ1) is 9.03. The summed E-state index contributed by atoms with van der Waals surface area (Å²) in [7, 11) is -3.83. The van der Waals surface area contributed by atoms with Crippen molar-refractivity contribution in [2.24, 2.45) is 5.92 Å². The SMILES string of the molecule is CC(C)[C@@H](NS(=O)(=O)c1ccn[nH]1)C(=O)OC(C)(C)C. The molecule has 0 bridgehead atoms. The fraction of sp³-hybridized carbons (Fsp3) is 0.667. The lowest BCUT2D eigenvalue weighted by Gasteiger charge is -2.26. The third-order valence-electron chi connectivity index (χ3n) is 2.37. The van der Waals surface area contributed by atoms with Crippen LogP contribution in [0.3, 0.4) is 0 Å². The molecule has 1 aromatic rings. The first-order valence-corrected chi connectivity index (χ1v) is 7.76. The summed E-state index contributed by atoms with van der Waals surface area (Å²) in [6, 6.07) is 0.358. The van der Waals surface area contributed by atoms with Gasteiger partial charge in [0, 0.05) is 0 Å². The normalized spacial score (nSPS) is 14.3. The van der Waals surface area contributed by atoms with E-state index in [1.54, 1.807) is 34.6 Å². The molecule has 1 aromatic heterocycles. The van der Waals surface area contributed by atoms with Gasteiger partial charge < -0.3 is 4.74 Å². The van der Waals surface area contributed by atoms with Crippen LogP contribution in [-0.4, -0.2) is 36.2 Å². The number of nitrogens with zero attached hydrogens (tertiary/aromatic N) is 1. The summed E-state index contributed by atoms with van der Waals surface area (Å²) in [5.41, 5.74) is -0.677. The van der Waals surface area contributed by atoms with Gasteiger partial charge in [-0.2, -0.15) is 9.82 Å². The number of hydrogen-bond donors (Lipinski definition) is 2. The standard InChI is InChI=1S/C12H21N3O4S/c1-8(2)10(11(16)19-12(3,4)5)15-20(17,18)9-6-7-13-14-9/h6-8,10,15H,1-5H3,(H,13,14)/t10-/m1/s1. The summed E-state index contributed by atoms with van der Waals surface area (Å²) >= 11 is 0. The fourth-order valence-corrected chi connectivity index (χ4v) is 2.69. The van der Waals surface area contributed by atoms with Crippen LogP contribution in [0.4, 0.5) is 0 Å². The zero-order chi connectivity index (χ0) is 15.6. The molecule has 1 atom stereocenters. The Morgan fingerprint density at radius 2 is 2.00 bits per heavy atom. The number of ether oxygens (including phenoxy) is 1. The van der Waals surface area contributed by atoms with E-state index in [1.165, 1.54) is 12.3 Å². The molecule has 20 heavy (non-hydrogen) atoms. The summed E-state index contributed by atoms with van der Waals surface area (Å²) in [6.45, 7) is 8.66. The van der Waals surface area contributed by atoms with Crippen LogP contribution in [0.2, 0.25) is 0 Å². The number of carbonyl (C=O) groups excluding carboxylic acids is 1. The second kappa shape index (κ2) is 5.92. The average Bonchev–Trinajstić information content (AvgIpc) is 2.76. The second-order valence-electron chi connectivity index (χ2n) is 5.80. The van der Waals surface area contributed by atoms with Crippen molar-refractivity contribution in [1.29, 1.82) is 0 Å². The predicted molar refractivity (Wildman–Crippen MR) is 73.4 cm³/mol. The predicted octanol–water partition coefficient (Wildman–Crippen LogP) is 1.05. The van der Waals surface area contributed by atoms with Gasteiger partial charge in [0.1, 0.15) is 11.6 Å². The molecule has 0 saturated carbocycles. The number of aromatic nitrogens is 2. The van der Waals surface area contributed by atoms with Gasteiger partial charge in [-0.15, -0.1) is 0 Å². The number of carbonyl (C=O) groups is 1. The maximum absolute atomic E-state index is 12.1. The molecule has 0 aliphatic heterocycles. The van der Waals surface area contributed by atoms with Crippen molar-refractivity contribution in [2.75, 3.05) is 0 Å². The third-order valence-corrected chi connectivity index (χ3v) is 3.74. The van der Waals surface area contributed by atoms with Crippen LogP contribution >= 0.6 is 0 Å². The summed E-state index contributed by atoms with van der Waals surface area (Å²) in [5.74, 6) is -0.849. The minimum Gasteiger partial charge on any atom is -0.459 e. The van der Waals surface area contributed by atoms with E-state index in [-0.39, 0.29) is 10.9 Å². The molecule has 1 rings (SSSR count). The Hall–Kier alpha value is -1.41. The number of sulfonamides is 1. The van der Waals surface area contributed by atoms with E-state index in [4.69, 9.17) is 4.74 Å². The highest BCUT2D eigenvalue weighted by Gasteiger charge is 2.32. The van der Waals surface area contributed by atoms with Crippen LogP contribution in [-0.2, 0) is 19.6 Å². The van der Waals surface area contributed by atoms with E-state index in [0.717, 1.165) is 0 Å². The van der Waals surface area contributed by atoms with Gasteiger partial charge in [-0.25, -0.2) is 8.42 Å². The summed E-state index contributed by atoms with van der Waals surface area (Å²) < 4.78 is 31.8. The minimum atomic E-state index is -3.83. The van der Waals surface area contributed by atoms with Crippen molar-refractivity contribution in [3.05, 3.63) is 12.3 Å². The Kier molecular flexibility index (Phi) is 4.93. The number of aromatic amines is 1. The fourth-order valence-electron chi connectivity index (χ4n) is 1.45. The first kappa shape index (κ1) is 16.6. The van der Waals surface area contributed by atoms with E-state index in [0.29, 0.717) is 0 Å². The molecule has 1 heterocycles. The average molecular weight is 303 g/mol. The topological polar surface area (TPSA) is 101 Å². The van der Waals surface area contributed by atoms with Gasteiger partial charge in [0.25, 0.3) is 10.0 Å². The van der Waals surface area contributed by atoms with Crippen LogP contribution < -0.4 is 4.72 Å². The van der Waals surface area contributed by atoms with Gasteiger partial charge in [0.2, 0.25) is 0 Å². The van der Waals surface area contributed by atoms with Crippen molar-refractivity contribution >= 4 is 16.0 Å². The van der Waals surface area contributed by atoms with Crippen LogP contribution in [0.1, 0.15) is 34.6 Å². The Labute approximate surface area is 119 Å². The Balaban J connectivity index is 2.91. The molecule has 0 aliphatic carbocycles. The molecule has 0 aliphatic rings. The molecule has 2 N–H and O–H groups in total. The maximum Gasteiger partial charge on any atom is 0.324 e. The first-order valence-electron chi connectivity index (χ1n) is 6.27. The molecular formula is C12H21N3O4S. The van der Waals surface area contributed by atoms with Gasteiger partial charge in [0.15, 0.2) is 5.03 Å². The molecule has 8 heteroatoms. The van der Waals surface area contributed by atoms with Gasteiger partial charge in [-0.05, 0) is 32.8 Å². The largest absolute Gasteiger partial charge is 0.459 e. The maximum atomic E-state index is 12.1. The second-order valence-corrected chi connectivity index (χ2v) is 7.48. The van der Waals surface area contributed by atoms with E-state index in [9.17, 15) is 13.2 Å². The molecule has 0 saturated heterocycles. The molecule has 0 spiro atoms. The minimum absolute atomic E-state index is 0.0910. The van der Waals surface area contributed by atoms with E-state index >= 15 is 0 Å². The van der Waals surface area contributed by atoms with Crippen LogP contribution in [0.25, 0.3) is 0 Å². The summed E-state index contributed by atoms with van der Waals surface area (Å²) in [5, 5.41) is 5.85. The van der Waals surface area contributed by atoms with Crippen LogP contribution in [0.15, 0.2) is 17.3 Å². The van der Waals surface area contributed by atoms with Gasteiger partial charge >= 0.3 is 5.97 Å². The number of nitrogens with one attached hydrogen (secondary N) is 2. The Bertz CT molecular complexity index is 544. The Morgan fingerprint density at radius 3 is 2.40 bits per heavy atom. The van der Waals surface area contributed by atoms with Crippen molar-refractivity contribution in [3.63, 3.8) is 0 Å². The quantitative estimate of drug-likeness (QED) is 0.792. The molecule has 7 nitrogen and oxygen atoms in total. The van der Waals surface area contributed by atoms with E-state index in [2.05, 4.69) is 14.9 Å². The molecule has 0 radical (unpaired) electrons. The molecular weight excluding hydrogens is 282 g/mol. The molecule has 114 valence electrons. The van der Waals surface area contributed by atoms with Crippen LogP contribution in [0, 0.1) is 5.92 Å². The zero-order valence-electron chi connectivity index (χ0n) is 12.3. The molecule has 0 amide bonds. The Morgan fingerprint density at radius 1 is 1.40 bits per heavy atom. The monoisotopic (exact) mass is 303 g/mol. The van der Waals surface area contributed by atoms with Gasteiger partial charge in [-0.3, -0.25) is 9.89 Å². The van der Waals surface area contributed by atoms with Crippen molar-refractivity contribution in [1.82, 2.24) is 14.9 Å². The highest BCUT2D eigenvalue weighted by Crippen LogP contribution is 2.14. The van der Waals surface area contributed by atoms with Crippen molar-refractivity contribution in [3.8, 4) is 0 Å². The van der Waals surface area contributed by atoms with Crippen molar-refractivity contribution < 1.29 is 17.9 Å². The molecule has 0 aromatic carbocycles. The number of H-pyrrole nitrogens is 1. The number of rotatable bonds is 5. The number of hydrogen-bond acceptors (Lipinski definition) is 5.